The van der Waals surface area contributed by atoms with Crippen LogP contribution in [0.1, 0.15) is 30.7 Å². The number of aromatic nitrogens is 5. The van der Waals surface area contributed by atoms with E-state index in [-0.39, 0.29) is 11.7 Å². The van der Waals surface area contributed by atoms with Crippen LogP contribution in [0.5, 0.6) is 5.75 Å². The molecule has 0 radical (unpaired) electrons. The van der Waals surface area contributed by atoms with Crippen LogP contribution in [0.25, 0.3) is 22.3 Å². The first-order chi connectivity index (χ1) is 14.7. The molecule has 0 saturated carbocycles. The molecule has 9 heteroatoms. The van der Waals surface area contributed by atoms with E-state index in [0.717, 1.165) is 30.4 Å². The quantitative estimate of drug-likeness (QED) is 0.523. The summed E-state index contributed by atoms with van der Waals surface area (Å²) in [7, 11) is 1.60. The van der Waals surface area contributed by atoms with Gasteiger partial charge in [-0.15, -0.1) is 0 Å². The van der Waals surface area contributed by atoms with E-state index in [1.54, 1.807) is 19.4 Å². The number of hydrogen-bond donors (Lipinski definition) is 1. The van der Waals surface area contributed by atoms with Crippen LogP contribution in [0.15, 0.2) is 46.0 Å². The number of benzene rings is 1. The molecule has 0 bridgehead atoms. The summed E-state index contributed by atoms with van der Waals surface area (Å²) in [6.45, 7) is 1.30. The molecule has 1 aromatic carbocycles. The van der Waals surface area contributed by atoms with E-state index in [1.807, 2.05) is 29.0 Å². The molecule has 1 aliphatic heterocycles. The van der Waals surface area contributed by atoms with Crippen molar-refractivity contribution in [3.05, 3.63) is 58.7 Å². The van der Waals surface area contributed by atoms with Gasteiger partial charge in [0.1, 0.15) is 17.7 Å². The number of imidazole rings is 1. The fraction of sp³-hybridized carbons (Fsp3) is 0.333. The maximum atomic E-state index is 12.7. The third kappa shape index (κ3) is 3.48. The Morgan fingerprint density at radius 1 is 1.33 bits per heavy atom. The van der Waals surface area contributed by atoms with E-state index in [0.29, 0.717) is 41.8 Å². The molecule has 3 aromatic heterocycles. The number of ether oxygens (including phenoxy) is 2. The van der Waals surface area contributed by atoms with Gasteiger partial charge in [-0.05, 0) is 36.4 Å². The average molecular weight is 407 g/mol. The van der Waals surface area contributed by atoms with Gasteiger partial charge in [0, 0.05) is 38.0 Å². The predicted molar refractivity (Wildman–Crippen MR) is 108 cm³/mol. The van der Waals surface area contributed by atoms with Crippen LogP contribution in [0.2, 0.25) is 0 Å². The third-order valence-corrected chi connectivity index (χ3v) is 5.27. The van der Waals surface area contributed by atoms with Crippen molar-refractivity contribution in [2.45, 2.75) is 31.9 Å². The highest BCUT2D eigenvalue weighted by molar-refractivity contribution is 5.83. The Hall–Kier alpha value is -3.46. The zero-order valence-electron chi connectivity index (χ0n) is 16.5. The van der Waals surface area contributed by atoms with Gasteiger partial charge in [0.25, 0.3) is 11.4 Å². The predicted octanol–water partition coefficient (Wildman–Crippen LogP) is 2.88. The number of hydrogen-bond acceptors (Lipinski definition) is 7. The summed E-state index contributed by atoms with van der Waals surface area (Å²) >= 11 is 0. The summed E-state index contributed by atoms with van der Waals surface area (Å²) in [6.07, 6.45) is 5.90. The zero-order valence-corrected chi connectivity index (χ0v) is 16.5. The Kier molecular flexibility index (Phi) is 4.80. The molecule has 4 heterocycles. The zero-order chi connectivity index (χ0) is 20.5. The highest BCUT2D eigenvalue weighted by Crippen LogP contribution is 2.27. The van der Waals surface area contributed by atoms with Gasteiger partial charge in [-0.1, -0.05) is 5.16 Å². The molecule has 1 aliphatic rings. The molecule has 1 saturated heterocycles. The van der Waals surface area contributed by atoms with Crippen molar-refractivity contribution in [2.75, 3.05) is 13.7 Å². The molecule has 30 heavy (non-hydrogen) atoms. The van der Waals surface area contributed by atoms with Crippen molar-refractivity contribution >= 4 is 10.9 Å². The molecule has 4 aromatic rings. The normalized spacial score (nSPS) is 16.4. The highest BCUT2D eigenvalue weighted by atomic mass is 16.5. The van der Waals surface area contributed by atoms with Crippen molar-refractivity contribution in [3.63, 3.8) is 0 Å². The number of pyridine rings is 1. The summed E-state index contributed by atoms with van der Waals surface area (Å²) in [5.41, 5.74) is 1.02. The van der Waals surface area contributed by atoms with Crippen molar-refractivity contribution in [1.82, 2.24) is 24.7 Å². The molecule has 154 valence electrons. The van der Waals surface area contributed by atoms with Crippen LogP contribution >= 0.6 is 0 Å². The average Bonchev–Trinajstić information content (AvgIpc) is 3.52. The largest absolute Gasteiger partial charge is 0.497 e. The smallest absolute Gasteiger partial charge is 0.259 e. The number of fused-ring (bicyclic) bond motifs is 1. The first kappa shape index (κ1) is 18.6. The second kappa shape index (κ2) is 7.75. The van der Waals surface area contributed by atoms with E-state index in [9.17, 15) is 4.79 Å². The second-order valence-electron chi connectivity index (χ2n) is 7.21. The van der Waals surface area contributed by atoms with E-state index < -0.39 is 0 Å². The number of aromatic amines is 1. The molecule has 1 N–H and O–H groups in total. The summed E-state index contributed by atoms with van der Waals surface area (Å²) in [4.78, 5) is 24.5. The van der Waals surface area contributed by atoms with E-state index in [2.05, 4.69) is 20.1 Å². The molecule has 0 amide bonds. The topological polar surface area (TPSA) is 108 Å². The Balaban J connectivity index is 1.38. The highest BCUT2D eigenvalue weighted by Gasteiger charge is 2.23. The van der Waals surface area contributed by atoms with E-state index in [4.69, 9.17) is 14.0 Å². The van der Waals surface area contributed by atoms with Gasteiger partial charge in [-0.3, -0.25) is 4.79 Å². The first-order valence-corrected chi connectivity index (χ1v) is 9.88. The Morgan fingerprint density at radius 2 is 2.27 bits per heavy atom. The van der Waals surface area contributed by atoms with Gasteiger partial charge in [-0.25, -0.2) is 4.98 Å². The van der Waals surface area contributed by atoms with Gasteiger partial charge in [0.15, 0.2) is 5.82 Å². The monoisotopic (exact) mass is 407 g/mol. The summed E-state index contributed by atoms with van der Waals surface area (Å²) in [5.74, 6) is 2.43. The number of nitrogens with one attached hydrogen (secondary N) is 1. The minimum Gasteiger partial charge on any atom is -0.497 e. The van der Waals surface area contributed by atoms with Crippen molar-refractivity contribution in [3.8, 4) is 17.1 Å². The Labute approximate surface area is 171 Å². The van der Waals surface area contributed by atoms with Gasteiger partial charge >= 0.3 is 0 Å². The van der Waals surface area contributed by atoms with Crippen LogP contribution < -0.4 is 10.3 Å². The standard InChI is InChI=1S/C21H21N5O4/c1-28-14-5-4-13-11-15(20(27)23-16(13)12-14)19-22-7-9-26(19)8-6-18-24-21(30-25-18)17-3-2-10-29-17/h4-5,7,9,11-12,17H,2-3,6,8,10H2,1H3,(H,23,27). The van der Waals surface area contributed by atoms with E-state index >= 15 is 0 Å². The van der Waals surface area contributed by atoms with Crippen LogP contribution in [0, 0.1) is 0 Å². The maximum Gasteiger partial charge on any atom is 0.259 e. The lowest BCUT2D eigenvalue weighted by Gasteiger charge is -2.08. The number of aryl methyl sites for hydroxylation is 2. The van der Waals surface area contributed by atoms with Crippen molar-refractivity contribution in [2.24, 2.45) is 0 Å². The molecular formula is C21H21N5O4. The first-order valence-electron chi connectivity index (χ1n) is 9.88. The minimum absolute atomic E-state index is 0.0927. The second-order valence-corrected chi connectivity index (χ2v) is 7.21. The fourth-order valence-corrected chi connectivity index (χ4v) is 3.70. The minimum atomic E-state index is -0.205. The lowest BCUT2D eigenvalue weighted by atomic mass is 10.1. The molecular weight excluding hydrogens is 386 g/mol. The number of H-pyrrole nitrogens is 1. The fourth-order valence-electron chi connectivity index (χ4n) is 3.70. The maximum absolute atomic E-state index is 12.7. The van der Waals surface area contributed by atoms with Crippen LogP contribution in [0.4, 0.5) is 0 Å². The number of rotatable bonds is 6. The van der Waals surface area contributed by atoms with Crippen LogP contribution in [0.3, 0.4) is 0 Å². The van der Waals surface area contributed by atoms with Gasteiger partial charge in [-0.2, -0.15) is 4.98 Å². The molecule has 0 spiro atoms. The molecule has 1 unspecified atom stereocenters. The number of nitrogens with zero attached hydrogens (tertiary/aromatic N) is 4. The van der Waals surface area contributed by atoms with Crippen molar-refractivity contribution in [1.29, 1.82) is 0 Å². The van der Waals surface area contributed by atoms with Gasteiger partial charge in [0.2, 0.25) is 0 Å². The van der Waals surface area contributed by atoms with Gasteiger partial charge < -0.3 is 23.5 Å². The van der Waals surface area contributed by atoms with E-state index in [1.165, 1.54) is 0 Å². The van der Waals surface area contributed by atoms with Crippen LogP contribution in [-0.2, 0) is 17.7 Å². The summed E-state index contributed by atoms with van der Waals surface area (Å²) in [5, 5.41) is 4.96. The lowest BCUT2D eigenvalue weighted by Crippen LogP contribution is -2.13. The van der Waals surface area contributed by atoms with Gasteiger partial charge in [0.05, 0.1) is 18.2 Å². The summed E-state index contributed by atoms with van der Waals surface area (Å²) < 4.78 is 18.1. The van der Waals surface area contributed by atoms with Crippen LogP contribution in [-0.4, -0.2) is 38.4 Å². The Morgan fingerprint density at radius 3 is 3.10 bits per heavy atom. The lowest BCUT2D eigenvalue weighted by molar-refractivity contribution is 0.0835. The molecule has 1 atom stereocenters. The molecule has 5 rings (SSSR count). The molecule has 1 fully saturated rings. The number of methoxy groups -OCH3 is 1. The molecule has 9 nitrogen and oxygen atoms in total. The van der Waals surface area contributed by atoms with Crippen molar-refractivity contribution < 1.29 is 14.0 Å². The molecule has 0 aliphatic carbocycles. The SMILES string of the molecule is COc1ccc2cc(-c3nccn3CCc3noc(C4CCCO4)n3)c(=O)[nH]c2c1. The summed E-state index contributed by atoms with van der Waals surface area (Å²) in [6, 6.07) is 7.41. The Bertz CT molecular complexity index is 1240. The third-order valence-electron chi connectivity index (χ3n) is 5.27.